The summed E-state index contributed by atoms with van der Waals surface area (Å²) in [7, 11) is 0. The van der Waals surface area contributed by atoms with Crippen LogP contribution in [0.25, 0.3) is 22.4 Å². The van der Waals surface area contributed by atoms with Gasteiger partial charge >= 0.3 is 23.9 Å². The predicted octanol–water partition coefficient (Wildman–Crippen LogP) is 4.71. The highest BCUT2D eigenvalue weighted by Crippen LogP contribution is 2.36. The summed E-state index contributed by atoms with van der Waals surface area (Å²) in [6, 6.07) is 18.0. The highest BCUT2D eigenvalue weighted by Gasteiger charge is 2.52. The molecule has 280 valence electrons. The second kappa shape index (κ2) is 16.8. The number of rotatable bonds is 12. The summed E-state index contributed by atoms with van der Waals surface area (Å²) in [5.41, 5.74) is 6.10. The molecule has 0 unspecified atom stereocenters. The molecule has 0 radical (unpaired) electrons. The van der Waals surface area contributed by atoms with Crippen molar-refractivity contribution in [3.63, 3.8) is 0 Å². The number of carbonyl (C=O) groups is 5. The summed E-state index contributed by atoms with van der Waals surface area (Å²) in [5.74, 6) is -3.20. The van der Waals surface area contributed by atoms with Crippen molar-refractivity contribution in [2.45, 2.75) is 91.4 Å². The molecule has 5 atom stereocenters. The Kier molecular flexibility index (Phi) is 12.2. The minimum atomic E-state index is -1.40. The standard InChI is InChI=1S/C39H44N4O10/c1-21(2)29-15-14-27(30-16-13-22(3)31(30)19-29)17-18-49-39(48)35-33(28-11-9-8-10-12-28)41-42-43(35)38-34(40-23(4)44)37(52-26(7)47)36(51-25(6)46)32(53-38)20-50-24(5)45/h8-16,19,21,32,34,36-38H,17-18,20H2,1-7H3,(H,40,44)/t32-,34-,36-,37-,38-/m1/s1. The van der Waals surface area contributed by atoms with Crippen LogP contribution in [0.15, 0.2) is 60.7 Å². The van der Waals surface area contributed by atoms with E-state index in [0.717, 1.165) is 40.8 Å². The van der Waals surface area contributed by atoms with Crippen molar-refractivity contribution < 1.29 is 47.7 Å². The number of carbonyl (C=O) groups excluding carboxylic acids is 5. The summed E-state index contributed by atoms with van der Waals surface area (Å²) in [6.07, 6.45) is -4.95. The lowest BCUT2D eigenvalue weighted by molar-refractivity contribution is -0.239. The summed E-state index contributed by atoms with van der Waals surface area (Å²) in [5, 5.41) is 11.3. The van der Waals surface area contributed by atoms with Gasteiger partial charge in [0.1, 0.15) is 24.4 Å². The number of nitrogens with zero attached hydrogens (tertiary/aromatic N) is 3. The lowest BCUT2D eigenvalue weighted by Crippen LogP contribution is -2.64. The number of hydrogen-bond donors (Lipinski definition) is 1. The maximum absolute atomic E-state index is 14.2. The molecule has 0 spiro atoms. The molecule has 1 fully saturated rings. The molecule has 5 rings (SSSR count). The topological polar surface area (TPSA) is 174 Å². The molecule has 1 N–H and O–H groups in total. The molecule has 0 saturated carbocycles. The minimum Gasteiger partial charge on any atom is -0.463 e. The van der Waals surface area contributed by atoms with E-state index in [1.54, 1.807) is 30.3 Å². The van der Waals surface area contributed by atoms with Crippen molar-refractivity contribution in [2.24, 2.45) is 0 Å². The second-order valence-electron chi connectivity index (χ2n) is 13.2. The highest BCUT2D eigenvalue weighted by atomic mass is 16.6. The molecule has 1 saturated heterocycles. The van der Waals surface area contributed by atoms with Crippen LogP contribution in [0.4, 0.5) is 0 Å². The molecule has 1 aromatic carbocycles. The number of aromatic nitrogens is 3. The van der Waals surface area contributed by atoms with Gasteiger partial charge in [0.2, 0.25) is 5.91 Å². The number of hydrogen-bond acceptors (Lipinski definition) is 12. The van der Waals surface area contributed by atoms with Crippen molar-refractivity contribution in [3.05, 3.63) is 83.0 Å². The minimum absolute atomic E-state index is 0.00107. The largest absolute Gasteiger partial charge is 0.463 e. The number of aryl methyl sites for hydroxylation is 1. The van der Waals surface area contributed by atoms with E-state index in [1.165, 1.54) is 19.4 Å². The number of ether oxygens (including phenoxy) is 5. The van der Waals surface area contributed by atoms with Crippen molar-refractivity contribution in [2.75, 3.05) is 13.2 Å². The Labute approximate surface area is 307 Å². The Balaban J connectivity index is 1.55. The summed E-state index contributed by atoms with van der Waals surface area (Å²) in [6.45, 7) is 10.6. The molecule has 14 heteroatoms. The van der Waals surface area contributed by atoms with E-state index in [4.69, 9.17) is 23.7 Å². The lowest BCUT2D eigenvalue weighted by atomic mass is 9.94. The number of benzene rings is 1. The first kappa shape index (κ1) is 38.6. The van der Waals surface area contributed by atoms with Crippen LogP contribution < -0.4 is 5.32 Å². The molecule has 14 nitrogen and oxygen atoms in total. The van der Waals surface area contributed by atoms with Crippen LogP contribution in [-0.2, 0) is 49.3 Å². The van der Waals surface area contributed by atoms with Crippen molar-refractivity contribution in [3.8, 4) is 22.4 Å². The van der Waals surface area contributed by atoms with Gasteiger partial charge in [-0.25, -0.2) is 9.48 Å². The van der Waals surface area contributed by atoms with Crippen LogP contribution in [0.1, 0.15) is 80.9 Å². The zero-order chi connectivity index (χ0) is 38.4. The van der Waals surface area contributed by atoms with Gasteiger partial charge in [0.05, 0.1) is 6.61 Å². The maximum Gasteiger partial charge on any atom is 0.359 e. The van der Waals surface area contributed by atoms with Crippen molar-refractivity contribution in [1.82, 2.24) is 20.3 Å². The molecule has 1 aromatic heterocycles. The van der Waals surface area contributed by atoms with Gasteiger partial charge in [-0.3, -0.25) is 19.2 Å². The van der Waals surface area contributed by atoms with Gasteiger partial charge in [-0.1, -0.05) is 79.7 Å². The SMILES string of the molecule is CC(=O)N[C@@H]1[C@@H](OC(C)=O)[C@H](OC(C)=O)[C@@H](COC(C)=O)O[C@H]1n1nnc(-c2ccccc2)c1C(=O)OCCc1ccc(C(C)C)cc2c(C)ccc1-2. The molecule has 3 aliphatic rings. The molecule has 53 heavy (non-hydrogen) atoms. The van der Waals surface area contributed by atoms with Gasteiger partial charge in [0, 0.05) is 39.7 Å². The van der Waals surface area contributed by atoms with E-state index in [0.29, 0.717) is 17.9 Å². The summed E-state index contributed by atoms with van der Waals surface area (Å²) in [4.78, 5) is 63.4. The van der Waals surface area contributed by atoms with Crippen molar-refractivity contribution >= 4 is 29.8 Å². The zero-order valence-corrected chi connectivity index (χ0v) is 30.8. The Morgan fingerprint density at radius 3 is 2.19 bits per heavy atom. The molecular weight excluding hydrogens is 684 g/mol. The van der Waals surface area contributed by atoms with Gasteiger partial charge in [-0.05, 0) is 40.7 Å². The van der Waals surface area contributed by atoms with Crippen LogP contribution in [0, 0.1) is 6.92 Å². The monoisotopic (exact) mass is 728 g/mol. The summed E-state index contributed by atoms with van der Waals surface area (Å²) >= 11 is 0. The second-order valence-corrected chi connectivity index (χ2v) is 13.2. The fourth-order valence-corrected chi connectivity index (χ4v) is 6.44. The van der Waals surface area contributed by atoms with Gasteiger partial charge in [-0.15, -0.1) is 5.10 Å². The molecule has 1 amide bonds. The first-order chi connectivity index (χ1) is 25.2. The Morgan fingerprint density at radius 2 is 1.55 bits per heavy atom. The number of esters is 4. The number of amides is 1. The van der Waals surface area contributed by atoms with E-state index in [9.17, 15) is 24.0 Å². The van der Waals surface area contributed by atoms with Gasteiger partial charge in [-0.2, -0.15) is 0 Å². The number of fused-ring (bicyclic) bond motifs is 1. The first-order valence-electron chi connectivity index (χ1n) is 17.3. The lowest BCUT2D eigenvalue weighted by Gasteiger charge is -2.45. The fourth-order valence-electron chi connectivity index (χ4n) is 6.44. The molecule has 2 aromatic rings. The third-order valence-electron chi connectivity index (χ3n) is 8.89. The average Bonchev–Trinajstić information content (AvgIpc) is 3.64. The Bertz CT molecular complexity index is 1940. The third-order valence-corrected chi connectivity index (χ3v) is 8.89. The van der Waals surface area contributed by atoms with E-state index in [2.05, 4.69) is 66.7 Å². The van der Waals surface area contributed by atoms with E-state index in [1.807, 2.05) is 0 Å². The molecular formula is C39H44N4O10. The van der Waals surface area contributed by atoms with Gasteiger partial charge in [0.15, 0.2) is 24.1 Å². The molecule has 1 aliphatic heterocycles. The van der Waals surface area contributed by atoms with E-state index in [-0.39, 0.29) is 18.0 Å². The van der Waals surface area contributed by atoms with Crippen LogP contribution >= 0.6 is 0 Å². The molecule has 0 bridgehead atoms. The highest BCUT2D eigenvalue weighted by molar-refractivity contribution is 5.94. The number of nitrogens with one attached hydrogen (secondary N) is 1. The van der Waals surface area contributed by atoms with Crippen molar-refractivity contribution in [1.29, 1.82) is 0 Å². The van der Waals surface area contributed by atoms with Crippen LogP contribution in [0.5, 0.6) is 0 Å². The first-order valence-corrected chi connectivity index (χ1v) is 17.3. The Hall–Kier alpha value is -5.63. The van der Waals surface area contributed by atoms with Gasteiger partial charge < -0.3 is 29.0 Å². The van der Waals surface area contributed by atoms with E-state index < -0.39 is 67.0 Å². The maximum atomic E-state index is 14.2. The van der Waals surface area contributed by atoms with Crippen LogP contribution in [0.2, 0.25) is 0 Å². The van der Waals surface area contributed by atoms with E-state index >= 15 is 0 Å². The predicted molar refractivity (Wildman–Crippen MR) is 191 cm³/mol. The van der Waals surface area contributed by atoms with Crippen LogP contribution in [0.3, 0.4) is 0 Å². The van der Waals surface area contributed by atoms with Crippen LogP contribution in [-0.4, -0.2) is 82.3 Å². The summed E-state index contributed by atoms with van der Waals surface area (Å²) < 4.78 is 29.8. The fraction of sp³-hybridized carbons (Fsp3) is 0.410. The quantitative estimate of drug-likeness (QED) is 0.157. The Morgan fingerprint density at radius 1 is 0.849 bits per heavy atom. The molecule has 2 heterocycles. The smallest absolute Gasteiger partial charge is 0.359 e. The normalized spacial score (nSPS) is 19.7. The zero-order valence-electron chi connectivity index (χ0n) is 30.8. The average molecular weight is 729 g/mol. The molecule has 2 aliphatic carbocycles. The third kappa shape index (κ3) is 9.06. The van der Waals surface area contributed by atoms with Gasteiger partial charge in [0.25, 0.3) is 0 Å².